The molecule has 0 heterocycles. The van der Waals surface area contributed by atoms with Crippen LogP contribution in [0.4, 0.5) is 0 Å². The number of nitrogens with zero attached hydrogens (tertiary/aromatic N) is 2. The lowest BCUT2D eigenvalue weighted by molar-refractivity contribution is -0.136. The van der Waals surface area contributed by atoms with E-state index in [4.69, 9.17) is 29.5 Å². The van der Waals surface area contributed by atoms with E-state index in [1.165, 1.54) is 6.21 Å². The van der Waals surface area contributed by atoms with Crippen molar-refractivity contribution in [2.45, 2.75) is 12.8 Å². The van der Waals surface area contributed by atoms with Gasteiger partial charge in [-0.05, 0) is 36.4 Å². The summed E-state index contributed by atoms with van der Waals surface area (Å²) in [6, 6.07) is 7.37. The first kappa shape index (κ1) is 20.5. The number of aliphatic carboxylic acids is 1. The molecule has 134 valence electrons. The molecule has 1 aromatic rings. The maximum atomic E-state index is 10.6. The number of hydrogen-bond acceptors (Lipinski definition) is 5. The summed E-state index contributed by atoms with van der Waals surface area (Å²) in [6.07, 6.45) is 2.06. The van der Waals surface area contributed by atoms with Gasteiger partial charge in [0.25, 0.3) is 0 Å². The first-order chi connectivity index (χ1) is 12.0. The zero-order chi connectivity index (χ0) is 18.7. The molecule has 5 N–H and O–H groups in total. The molecule has 0 atom stereocenters. The molecule has 0 radical (unpaired) electrons. The first-order valence-electron chi connectivity index (χ1n) is 7.33. The van der Waals surface area contributed by atoms with Crippen molar-refractivity contribution in [3.8, 4) is 0 Å². The second-order valence-corrected chi connectivity index (χ2v) is 5.54. The van der Waals surface area contributed by atoms with Crippen LogP contribution in [0.15, 0.2) is 34.5 Å². The Morgan fingerprint density at radius 2 is 1.72 bits per heavy atom. The van der Waals surface area contributed by atoms with Gasteiger partial charge in [-0.3, -0.25) is 15.6 Å². The van der Waals surface area contributed by atoms with Crippen LogP contribution < -0.4 is 21.5 Å². The minimum atomic E-state index is -0.824. The van der Waals surface area contributed by atoms with E-state index in [0.717, 1.165) is 11.1 Å². The highest BCUT2D eigenvalue weighted by atomic mass is 32.1. The molecule has 25 heavy (non-hydrogen) atoms. The SMILES string of the molecule is CNC(=S)N/N=C\C(=N/NC(=S)NC)c1ccc(CCC(=O)O)cc1. The Hall–Kier alpha value is -2.59. The van der Waals surface area contributed by atoms with Crippen LogP contribution in [0.1, 0.15) is 17.5 Å². The second kappa shape index (κ2) is 11.0. The van der Waals surface area contributed by atoms with Gasteiger partial charge in [-0.1, -0.05) is 24.3 Å². The summed E-state index contributed by atoms with van der Waals surface area (Å²) < 4.78 is 0. The summed E-state index contributed by atoms with van der Waals surface area (Å²) in [4.78, 5) is 10.6. The van der Waals surface area contributed by atoms with Crippen molar-refractivity contribution in [1.29, 1.82) is 0 Å². The highest BCUT2D eigenvalue weighted by Gasteiger charge is 2.04. The second-order valence-electron chi connectivity index (χ2n) is 4.73. The Bertz CT molecular complexity index is 673. The lowest BCUT2D eigenvalue weighted by Crippen LogP contribution is -2.30. The van der Waals surface area contributed by atoms with E-state index in [1.807, 2.05) is 24.3 Å². The van der Waals surface area contributed by atoms with Gasteiger partial charge in [0.05, 0.1) is 6.21 Å². The van der Waals surface area contributed by atoms with E-state index in [1.54, 1.807) is 14.1 Å². The summed E-state index contributed by atoms with van der Waals surface area (Å²) in [5.74, 6) is -0.824. The van der Waals surface area contributed by atoms with Gasteiger partial charge in [0.2, 0.25) is 0 Å². The number of benzene rings is 1. The highest BCUT2D eigenvalue weighted by molar-refractivity contribution is 7.80. The highest BCUT2D eigenvalue weighted by Crippen LogP contribution is 2.07. The number of thiocarbonyl (C=S) groups is 2. The number of nitrogens with one attached hydrogen (secondary N) is 4. The summed E-state index contributed by atoms with van der Waals surface area (Å²) in [5.41, 5.74) is 7.58. The smallest absolute Gasteiger partial charge is 0.303 e. The zero-order valence-corrected chi connectivity index (χ0v) is 15.5. The molecule has 0 aromatic heterocycles. The molecule has 0 aliphatic heterocycles. The van der Waals surface area contributed by atoms with E-state index in [-0.39, 0.29) is 6.42 Å². The number of carboxylic acids is 1. The fraction of sp³-hybridized carbons (Fsp3) is 0.267. The van der Waals surface area contributed by atoms with Crippen molar-refractivity contribution in [2.75, 3.05) is 14.1 Å². The number of carboxylic acid groups (broad SMARTS) is 1. The van der Waals surface area contributed by atoms with Crippen molar-refractivity contribution in [1.82, 2.24) is 21.5 Å². The molecule has 0 fully saturated rings. The maximum absolute atomic E-state index is 10.6. The molecule has 8 nitrogen and oxygen atoms in total. The molecular formula is C15H20N6O2S2. The molecule has 1 rings (SSSR count). The van der Waals surface area contributed by atoms with Crippen LogP contribution in [0.5, 0.6) is 0 Å². The molecule has 0 saturated carbocycles. The van der Waals surface area contributed by atoms with Crippen LogP contribution in [0.3, 0.4) is 0 Å². The number of hydrogen-bond donors (Lipinski definition) is 5. The summed E-state index contributed by atoms with van der Waals surface area (Å²) in [5, 5.41) is 23.2. The number of aryl methyl sites for hydroxylation is 1. The van der Waals surface area contributed by atoms with E-state index in [2.05, 4.69) is 31.7 Å². The molecule has 0 bridgehead atoms. The Morgan fingerprint density at radius 3 is 2.28 bits per heavy atom. The minimum absolute atomic E-state index is 0.0884. The van der Waals surface area contributed by atoms with Crippen LogP contribution in [0, 0.1) is 0 Å². The third kappa shape index (κ3) is 8.18. The van der Waals surface area contributed by atoms with Gasteiger partial charge in [-0.25, -0.2) is 0 Å². The third-order valence-corrected chi connectivity index (χ3v) is 3.55. The summed E-state index contributed by atoms with van der Waals surface area (Å²) in [6.45, 7) is 0. The number of carbonyl (C=O) groups is 1. The van der Waals surface area contributed by atoms with Crippen molar-refractivity contribution >= 4 is 52.6 Å². The minimum Gasteiger partial charge on any atom is -0.481 e. The van der Waals surface area contributed by atoms with Crippen LogP contribution >= 0.6 is 24.4 Å². The largest absolute Gasteiger partial charge is 0.481 e. The van der Waals surface area contributed by atoms with Gasteiger partial charge in [0.15, 0.2) is 10.2 Å². The van der Waals surface area contributed by atoms with Crippen molar-refractivity contribution < 1.29 is 9.90 Å². The fourth-order valence-electron chi connectivity index (χ4n) is 1.64. The van der Waals surface area contributed by atoms with Gasteiger partial charge >= 0.3 is 5.97 Å². The molecule has 0 saturated heterocycles. The maximum Gasteiger partial charge on any atom is 0.303 e. The van der Waals surface area contributed by atoms with Gasteiger partial charge in [0, 0.05) is 26.1 Å². The van der Waals surface area contributed by atoms with Gasteiger partial charge < -0.3 is 15.7 Å². The molecule has 0 aliphatic carbocycles. The van der Waals surface area contributed by atoms with Crippen LogP contribution in [0.2, 0.25) is 0 Å². The lowest BCUT2D eigenvalue weighted by Gasteiger charge is -2.06. The standard InChI is InChI=1S/C15H20N6O2S2/c1-16-14(24)20-18-9-12(19-21-15(25)17-2)11-6-3-10(4-7-11)5-8-13(22)23/h3-4,6-7,9H,5,8H2,1-2H3,(H,22,23)(H2,16,20,24)(H2,17,21,25)/b18-9-,19-12+. The van der Waals surface area contributed by atoms with Crippen LogP contribution in [0.25, 0.3) is 0 Å². The van der Waals surface area contributed by atoms with E-state index >= 15 is 0 Å². The quantitative estimate of drug-likeness (QED) is 0.265. The average Bonchev–Trinajstić information content (AvgIpc) is 2.62. The lowest BCUT2D eigenvalue weighted by atomic mass is 10.1. The Balaban J connectivity index is 2.91. The number of hydrazone groups is 2. The van der Waals surface area contributed by atoms with Crippen LogP contribution in [-0.4, -0.2) is 47.3 Å². The first-order valence-corrected chi connectivity index (χ1v) is 8.15. The molecule has 10 heteroatoms. The van der Waals surface area contributed by atoms with E-state index in [9.17, 15) is 4.79 Å². The zero-order valence-electron chi connectivity index (χ0n) is 13.9. The molecule has 0 spiro atoms. The molecule has 1 aromatic carbocycles. The summed E-state index contributed by atoms with van der Waals surface area (Å²) in [7, 11) is 3.37. The van der Waals surface area contributed by atoms with Gasteiger partial charge in [-0.2, -0.15) is 10.2 Å². The fourth-order valence-corrected chi connectivity index (χ4v) is 1.73. The average molecular weight is 380 g/mol. The van der Waals surface area contributed by atoms with Crippen molar-refractivity contribution in [3.63, 3.8) is 0 Å². The topological polar surface area (TPSA) is 110 Å². The molecular weight excluding hydrogens is 360 g/mol. The van der Waals surface area contributed by atoms with Crippen LogP contribution in [-0.2, 0) is 11.2 Å². The van der Waals surface area contributed by atoms with Crippen molar-refractivity contribution in [3.05, 3.63) is 35.4 Å². The monoisotopic (exact) mass is 380 g/mol. The molecule has 0 unspecified atom stereocenters. The predicted molar refractivity (Wildman–Crippen MR) is 107 cm³/mol. The Labute approximate surface area is 156 Å². The Kier molecular flexibility index (Phi) is 9.04. The van der Waals surface area contributed by atoms with Gasteiger partial charge in [0.1, 0.15) is 5.71 Å². The molecule has 0 aliphatic rings. The van der Waals surface area contributed by atoms with Gasteiger partial charge in [-0.15, -0.1) is 0 Å². The van der Waals surface area contributed by atoms with E-state index < -0.39 is 5.97 Å². The summed E-state index contributed by atoms with van der Waals surface area (Å²) >= 11 is 9.95. The predicted octanol–water partition coefficient (Wildman–Crippen LogP) is 0.582. The van der Waals surface area contributed by atoms with E-state index in [0.29, 0.717) is 22.4 Å². The third-order valence-electron chi connectivity index (χ3n) is 2.96. The number of rotatable bonds is 7. The normalized spacial score (nSPS) is 11.0. The Morgan fingerprint density at radius 1 is 1.12 bits per heavy atom. The molecule has 0 amide bonds. The van der Waals surface area contributed by atoms with Crippen molar-refractivity contribution in [2.24, 2.45) is 10.2 Å².